The van der Waals surface area contributed by atoms with Crippen LogP contribution in [0.1, 0.15) is 36.7 Å². The van der Waals surface area contributed by atoms with Crippen LogP contribution in [0.4, 0.5) is 5.69 Å². The minimum atomic E-state index is -0.396. The van der Waals surface area contributed by atoms with E-state index in [2.05, 4.69) is 25.2 Å². The number of allylic oxidation sites excluding steroid dienone is 1. The molecule has 0 bridgehead atoms. The molecule has 0 saturated heterocycles. The number of anilines is 1. The molecule has 0 unspecified atom stereocenters. The van der Waals surface area contributed by atoms with Crippen molar-refractivity contribution in [1.82, 2.24) is 0 Å². The van der Waals surface area contributed by atoms with Crippen molar-refractivity contribution in [3.05, 3.63) is 64.7 Å². The molecule has 118 valence electrons. The molecule has 0 fully saturated rings. The summed E-state index contributed by atoms with van der Waals surface area (Å²) < 4.78 is 5.39. The first-order valence-corrected chi connectivity index (χ1v) is 7.82. The van der Waals surface area contributed by atoms with Crippen molar-refractivity contribution in [2.75, 3.05) is 5.32 Å². The standard InChI is InChI=1S/C19H18ClNO2/c1-12-11-19(2,3)21-17-8-7-13(9-16(12)17)18(22)23-15-6-4-5-14(20)10-15/h4-11,21H,1-3H3. The average molecular weight is 328 g/mol. The van der Waals surface area contributed by atoms with E-state index in [1.165, 1.54) is 0 Å². The van der Waals surface area contributed by atoms with E-state index in [1.54, 1.807) is 30.3 Å². The lowest BCUT2D eigenvalue weighted by molar-refractivity contribution is 0.0735. The van der Waals surface area contributed by atoms with Gasteiger partial charge in [-0.2, -0.15) is 0 Å². The van der Waals surface area contributed by atoms with Crippen molar-refractivity contribution in [2.45, 2.75) is 26.3 Å². The van der Waals surface area contributed by atoms with Crippen LogP contribution in [-0.2, 0) is 0 Å². The topological polar surface area (TPSA) is 38.3 Å². The quantitative estimate of drug-likeness (QED) is 0.611. The number of nitrogens with one attached hydrogen (secondary N) is 1. The summed E-state index contributed by atoms with van der Waals surface area (Å²) in [6.45, 7) is 6.27. The first-order chi connectivity index (χ1) is 10.8. The zero-order valence-corrected chi connectivity index (χ0v) is 14.1. The zero-order valence-electron chi connectivity index (χ0n) is 13.3. The van der Waals surface area contributed by atoms with Gasteiger partial charge in [-0.3, -0.25) is 0 Å². The van der Waals surface area contributed by atoms with Crippen LogP contribution in [0, 0.1) is 0 Å². The van der Waals surface area contributed by atoms with Gasteiger partial charge in [0.15, 0.2) is 0 Å². The van der Waals surface area contributed by atoms with Gasteiger partial charge < -0.3 is 10.1 Å². The summed E-state index contributed by atoms with van der Waals surface area (Å²) in [5.41, 5.74) is 3.60. The van der Waals surface area contributed by atoms with E-state index in [-0.39, 0.29) is 5.54 Å². The number of ether oxygens (including phenoxy) is 1. The number of hydrogen-bond acceptors (Lipinski definition) is 3. The Bertz CT molecular complexity index is 809. The van der Waals surface area contributed by atoms with E-state index in [0.29, 0.717) is 16.3 Å². The van der Waals surface area contributed by atoms with E-state index < -0.39 is 5.97 Å². The summed E-state index contributed by atoms with van der Waals surface area (Å²) in [5, 5.41) is 3.98. The second-order valence-corrected chi connectivity index (χ2v) is 6.72. The molecule has 2 aromatic rings. The van der Waals surface area contributed by atoms with Crippen LogP contribution in [0.3, 0.4) is 0 Å². The van der Waals surface area contributed by atoms with Gasteiger partial charge in [0.05, 0.1) is 11.1 Å². The van der Waals surface area contributed by atoms with E-state index in [9.17, 15) is 4.79 Å². The van der Waals surface area contributed by atoms with Gasteiger partial charge in [-0.1, -0.05) is 23.7 Å². The molecule has 4 heteroatoms. The number of carbonyl (C=O) groups is 1. The molecule has 0 atom stereocenters. The van der Waals surface area contributed by atoms with Gasteiger partial charge in [0.25, 0.3) is 0 Å². The smallest absolute Gasteiger partial charge is 0.343 e. The third-order valence-electron chi connectivity index (χ3n) is 3.72. The molecule has 3 nitrogen and oxygen atoms in total. The average Bonchev–Trinajstić information content (AvgIpc) is 2.45. The monoisotopic (exact) mass is 327 g/mol. The summed E-state index contributed by atoms with van der Waals surface area (Å²) in [6.07, 6.45) is 2.15. The van der Waals surface area contributed by atoms with Crippen LogP contribution in [-0.4, -0.2) is 11.5 Å². The van der Waals surface area contributed by atoms with Crippen LogP contribution in [0.15, 0.2) is 48.5 Å². The van der Waals surface area contributed by atoms with Gasteiger partial charge in [-0.15, -0.1) is 0 Å². The van der Waals surface area contributed by atoms with Crippen LogP contribution in [0.2, 0.25) is 5.02 Å². The highest BCUT2D eigenvalue weighted by Gasteiger charge is 2.23. The van der Waals surface area contributed by atoms with Crippen molar-refractivity contribution in [3.63, 3.8) is 0 Å². The molecule has 2 aromatic carbocycles. The van der Waals surface area contributed by atoms with Crippen LogP contribution in [0.25, 0.3) is 5.57 Å². The Morgan fingerprint density at radius 1 is 1.17 bits per heavy atom. The fourth-order valence-corrected chi connectivity index (χ4v) is 2.99. The Morgan fingerprint density at radius 2 is 1.96 bits per heavy atom. The largest absolute Gasteiger partial charge is 0.423 e. The summed E-state index contributed by atoms with van der Waals surface area (Å²) in [6, 6.07) is 12.4. The summed E-state index contributed by atoms with van der Waals surface area (Å²) in [5.74, 6) is 0.0412. The second-order valence-electron chi connectivity index (χ2n) is 6.28. The highest BCUT2D eigenvalue weighted by atomic mass is 35.5. The number of carbonyl (C=O) groups excluding carboxylic acids is 1. The molecule has 0 saturated carbocycles. The van der Waals surface area contributed by atoms with Gasteiger partial charge >= 0.3 is 5.97 Å². The maximum Gasteiger partial charge on any atom is 0.343 e. The molecule has 1 N–H and O–H groups in total. The van der Waals surface area contributed by atoms with Crippen LogP contribution >= 0.6 is 11.6 Å². The molecule has 0 radical (unpaired) electrons. The van der Waals surface area contributed by atoms with E-state index >= 15 is 0 Å². The minimum Gasteiger partial charge on any atom is -0.423 e. The summed E-state index contributed by atoms with van der Waals surface area (Å²) >= 11 is 5.91. The first kappa shape index (κ1) is 15.6. The molecule has 23 heavy (non-hydrogen) atoms. The first-order valence-electron chi connectivity index (χ1n) is 7.44. The minimum absolute atomic E-state index is 0.0973. The molecule has 0 amide bonds. The lowest BCUT2D eigenvalue weighted by Gasteiger charge is -2.31. The third kappa shape index (κ3) is 3.40. The molecule has 0 aliphatic carbocycles. The Hall–Kier alpha value is -2.26. The van der Waals surface area contributed by atoms with Gasteiger partial charge in [0, 0.05) is 16.3 Å². The predicted octanol–water partition coefficient (Wildman–Crippen LogP) is 5.17. The van der Waals surface area contributed by atoms with Crippen molar-refractivity contribution < 1.29 is 9.53 Å². The van der Waals surface area contributed by atoms with Gasteiger partial charge in [-0.25, -0.2) is 4.79 Å². The van der Waals surface area contributed by atoms with Gasteiger partial charge in [-0.05, 0) is 62.7 Å². The van der Waals surface area contributed by atoms with Crippen molar-refractivity contribution in [1.29, 1.82) is 0 Å². The summed E-state index contributed by atoms with van der Waals surface area (Å²) in [7, 11) is 0. The Balaban J connectivity index is 1.88. The van der Waals surface area contributed by atoms with Gasteiger partial charge in [0.2, 0.25) is 0 Å². The number of halogens is 1. The summed E-state index contributed by atoms with van der Waals surface area (Å²) in [4.78, 5) is 12.3. The Labute approximate surface area is 140 Å². The number of esters is 1. The molecule has 1 heterocycles. The fraction of sp³-hybridized carbons (Fsp3) is 0.211. The lowest BCUT2D eigenvalue weighted by Crippen LogP contribution is -2.31. The maximum absolute atomic E-state index is 12.3. The zero-order chi connectivity index (χ0) is 16.6. The van der Waals surface area contributed by atoms with Crippen LogP contribution < -0.4 is 10.1 Å². The van der Waals surface area contributed by atoms with Crippen molar-refractivity contribution in [3.8, 4) is 5.75 Å². The molecular weight excluding hydrogens is 310 g/mol. The Kier molecular flexibility index (Phi) is 3.90. The predicted molar refractivity (Wildman–Crippen MR) is 94.2 cm³/mol. The molecule has 3 rings (SSSR count). The SMILES string of the molecule is CC1=CC(C)(C)Nc2ccc(C(=O)Oc3cccc(Cl)c3)cc21. The molecule has 1 aliphatic rings. The molecule has 0 aromatic heterocycles. The number of fused-ring (bicyclic) bond motifs is 1. The highest BCUT2D eigenvalue weighted by molar-refractivity contribution is 6.30. The molecule has 1 aliphatic heterocycles. The highest BCUT2D eigenvalue weighted by Crippen LogP contribution is 2.34. The second kappa shape index (κ2) is 5.74. The van der Waals surface area contributed by atoms with Crippen LogP contribution in [0.5, 0.6) is 5.75 Å². The van der Waals surface area contributed by atoms with E-state index in [0.717, 1.165) is 16.8 Å². The number of rotatable bonds is 2. The van der Waals surface area contributed by atoms with Gasteiger partial charge in [0.1, 0.15) is 5.75 Å². The van der Waals surface area contributed by atoms with Crippen molar-refractivity contribution in [2.24, 2.45) is 0 Å². The van der Waals surface area contributed by atoms with E-state index in [1.807, 2.05) is 19.1 Å². The van der Waals surface area contributed by atoms with E-state index in [4.69, 9.17) is 16.3 Å². The molecule has 0 spiro atoms. The third-order valence-corrected chi connectivity index (χ3v) is 3.96. The lowest BCUT2D eigenvalue weighted by atomic mass is 9.90. The molecular formula is C19H18ClNO2. The maximum atomic E-state index is 12.3. The number of hydrogen-bond donors (Lipinski definition) is 1. The number of benzene rings is 2. The van der Waals surface area contributed by atoms with Crippen molar-refractivity contribution >= 4 is 28.8 Å². The normalized spacial score (nSPS) is 15.2. The Morgan fingerprint density at radius 3 is 2.70 bits per heavy atom. The fourth-order valence-electron chi connectivity index (χ4n) is 2.81.